The highest BCUT2D eigenvalue weighted by atomic mass is 16.5. The number of benzene rings is 5. The molecule has 292 valence electrons. The van der Waals surface area contributed by atoms with Crippen molar-refractivity contribution in [2.75, 3.05) is 47.8 Å². The van der Waals surface area contributed by atoms with Gasteiger partial charge in [-0.25, -0.2) is 0 Å². The van der Waals surface area contributed by atoms with Crippen molar-refractivity contribution >= 4 is 34.6 Å². The fourth-order valence-electron chi connectivity index (χ4n) is 9.21. The molecule has 2 amide bonds. The van der Waals surface area contributed by atoms with Crippen LogP contribution >= 0.6 is 0 Å². The lowest BCUT2D eigenvalue weighted by molar-refractivity contribution is 0.0974. The van der Waals surface area contributed by atoms with Crippen LogP contribution in [0.4, 0.5) is 22.7 Å². The van der Waals surface area contributed by atoms with Gasteiger partial charge < -0.3 is 39.0 Å². The molecule has 1 unspecified atom stereocenters. The number of para-hydroxylation sites is 2. The normalized spacial score (nSPS) is 19.0. The van der Waals surface area contributed by atoms with Crippen LogP contribution in [-0.2, 0) is 26.1 Å². The SMILES string of the molecule is COc1cc2c(cc1OCc1cc(COc3cc4c(cc3OC)C(=O)N3c5ccccc5C[C@H]3CN4C)c(C)c(C)c1C)NC(C)[C@@H]1Cc3ccccc3N1C2=O. The van der Waals surface area contributed by atoms with Crippen LogP contribution < -0.4 is 39.0 Å². The number of nitrogens with zero attached hydrogens (tertiary/aromatic N) is 3. The smallest absolute Gasteiger partial charge is 0.260 e. The van der Waals surface area contributed by atoms with Crippen molar-refractivity contribution in [3.8, 4) is 23.0 Å². The standard InChI is InChI=1S/C47H48N4O6/c1-26-27(2)32(24-56-44-21-37-35(19-42(44)54-6)46(52)51-39-15-11-9-13-31(39)18-40(51)29(4)48-37)16-33(28(26)3)25-57-45-22-41-36(20-43(45)55-7)47(53)50-34(23-49(41)5)17-30-12-8-10-14-38(30)50/h8-16,19-22,29,34,40,48H,17-18,23-25H2,1-7H3/t29?,34-,40-/m0/s1. The molecule has 5 aromatic rings. The second kappa shape index (κ2) is 14.1. The number of nitrogens with one attached hydrogen (secondary N) is 1. The van der Waals surface area contributed by atoms with Crippen LogP contribution in [0.2, 0.25) is 0 Å². The van der Waals surface area contributed by atoms with Gasteiger partial charge in [0.25, 0.3) is 11.8 Å². The van der Waals surface area contributed by atoms with Crippen LogP contribution in [0.3, 0.4) is 0 Å². The lowest BCUT2D eigenvalue weighted by Gasteiger charge is -2.27. The summed E-state index contributed by atoms with van der Waals surface area (Å²) < 4.78 is 24.7. The molecule has 10 heteroatoms. The third kappa shape index (κ3) is 6.00. The van der Waals surface area contributed by atoms with Crippen molar-refractivity contribution in [3.63, 3.8) is 0 Å². The second-order valence-corrected chi connectivity index (χ2v) is 15.8. The van der Waals surface area contributed by atoms with Crippen LogP contribution in [0, 0.1) is 20.8 Å². The van der Waals surface area contributed by atoms with Crippen LogP contribution in [0.25, 0.3) is 0 Å². The zero-order chi connectivity index (χ0) is 39.7. The average Bonchev–Trinajstić information content (AvgIpc) is 3.74. The average molecular weight is 765 g/mol. The van der Waals surface area contributed by atoms with Crippen LogP contribution in [0.15, 0.2) is 78.9 Å². The molecule has 3 atom stereocenters. The number of hydrogen-bond donors (Lipinski definition) is 1. The minimum atomic E-state index is -0.0493. The van der Waals surface area contributed by atoms with E-state index in [2.05, 4.69) is 56.1 Å². The molecule has 4 heterocycles. The lowest BCUT2D eigenvalue weighted by Crippen LogP contribution is -2.44. The molecule has 1 N–H and O–H groups in total. The van der Waals surface area contributed by atoms with E-state index in [-0.39, 0.29) is 36.5 Å². The van der Waals surface area contributed by atoms with Crippen LogP contribution in [0.5, 0.6) is 23.0 Å². The third-order valence-electron chi connectivity index (χ3n) is 12.6. The summed E-state index contributed by atoms with van der Waals surface area (Å²) in [6.07, 6.45) is 1.62. The predicted octanol–water partition coefficient (Wildman–Crippen LogP) is 8.19. The van der Waals surface area contributed by atoms with Crippen molar-refractivity contribution in [3.05, 3.63) is 129 Å². The van der Waals surface area contributed by atoms with Gasteiger partial charge in [-0.2, -0.15) is 0 Å². The van der Waals surface area contributed by atoms with Gasteiger partial charge >= 0.3 is 0 Å². The van der Waals surface area contributed by atoms with Gasteiger partial charge in [0, 0.05) is 43.1 Å². The first kappa shape index (κ1) is 36.5. The maximum Gasteiger partial charge on any atom is 0.260 e. The summed E-state index contributed by atoms with van der Waals surface area (Å²) in [5.41, 5.74) is 12.5. The second-order valence-electron chi connectivity index (χ2n) is 15.8. The van der Waals surface area contributed by atoms with Crippen molar-refractivity contribution in [1.29, 1.82) is 0 Å². The first-order valence-corrected chi connectivity index (χ1v) is 19.6. The molecule has 10 nitrogen and oxygen atoms in total. The van der Waals surface area contributed by atoms with Gasteiger partial charge in [-0.15, -0.1) is 0 Å². The Balaban J connectivity index is 0.966. The molecule has 0 bridgehead atoms. The number of ether oxygens (including phenoxy) is 4. The van der Waals surface area contributed by atoms with Gasteiger partial charge in [-0.1, -0.05) is 36.4 Å². The van der Waals surface area contributed by atoms with E-state index < -0.39 is 0 Å². The Kier molecular flexibility index (Phi) is 9.02. The van der Waals surface area contributed by atoms with Crippen molar-refractivity contribution in [2.24, 2.45) is 0 Å². The molecule has 0 aliphatic carbocycles. The number of likely N-dealkylation sites (N-methyl/N-ethyl adjacent to an activating group) is 1. The van der Waals surface area contributed by atoms with Gasteiger partial charge in [0.05, 0.1) is 48.8 Å². The number of carbonyl (C=O) groups excluding carboxylic acids is 2. The van der Waals surface area contributed by atoms with Crippen molar-refractivity contribution < 1.29 is 28.5 Å². The van der Waals surface area contributed by atoms with Gasteiger partial charge in [0.15, 0.2) is 23.0 Å². The highest BCUT2D eigenvalue weighted by Gasteiger charge is 2.42. The summed E-state index contributed by atoms with van der Waals surface area (Å²) in [6, 6.07) is 25.9. The Hall–Kier alpha value is -6.16. The summed E-state index contributed by atoms with van der Waals surface area (Å²) >= 11 is 0. The van der Waals surface area contributed by atoms with Crippen molar-refractivity contribution in [2.45, 2.75) is 71.9 Å². The lowest BCUT2D eigenvalue weighted by atomic mass is 9.94. The summed E-state index contributed by atoms with van der Waals surface area (Å²) in [6.45, 7) is 9.75. The molecule has 57 heavy (non-hydrogen) atoms. The monoisotopic (exact) mass is 764 g/mol. The molecular formula is C47H48N4O6. The van der Waals surface area contributed by atoms with E-state index in [1.807, 2.05) is 71.4 Å². The van der Waals surface area contributed by atoms with Crippen molar-refractivity contribution in [1.82, 2.24) is 0 Å². The Morgan fingerprint density at radius 1 is 0.649 bits per heavy atom. The minimum Gasteiger partial charge on any atom is -0.493 e. The number of amides is 2. The highest BCUT2D eigenvalue weighted by Crippen LogP contribution is 2.44. The molecule has 5 aromatic carbocycles. The Morgan fingerprint density at radius 3 is 1.86 bits per heavy atom. The van der Waals surface area contributed by atoms with E-state index in [4.69, 9.17) is 18.9 Å². The largest absolute Gasteiger partial charge is 0.493 e. The molecule has 0 spiro atoms. The maximum absolute atomic E-state index is 14.1. The fourth-order valence-corrected chi connectivity index (χ4v) is 9.21. The molecule has 0 radical (unpaired) electrons. The predicted molar refractivity (Wildman–Crippen MR) is 223 cm³/mol. The number of fused-ring (bicyclic) bond motifs is 8. The van der Waals surface area contributed by atoms with Gasteiger partial charge in [0.2, 0.25) is 0 Å². The maximum atomic E-state index is 14.1. The molecular weight excluding hydrogens is 717 g/mol. The topological polar surface area (TPSA) is 92.8 Å². The van der Waals surface area contributed by atoms with Gasteiger partial charge in [0.1, 0.15) is 13.2 Å². The number of carbonyl (C=O) groups is 2. The first-order chi connectivity index (χ1) is 27.6. The molecule has 0 saturated heterocycles. The van der Waals surface area contributed by atoms with E-state index >= 15 is 0 Å². The molecule has 9 rings (SSSR count). The highest BCUT2D eigenvalue weighted by molar-refractivity contribution is 6.13. The van der Waals surface area contributed by atoms with E-state index in [0.29, 0.717) is 47.3 Å². The van der Waals surface area contributed by atoms with E-state index in [9.17, 15) is 9.59 Å². The number of rotatable bonds is 8. The van der Waals surface area contributed by atoms with Crippen LogP contribution in [0.1, 0.15) is 66.6 Å². The molecule has 0 fully saturated rings. The zero-order valence-electron chi connectivity index (χ0n) is 33.6. The molecule has 0 aromatic heterocycles. The van der Waals surface area contributed by atoms with Crippen LogP contribution in [-0.4, -0.2) is 57.8 Å². The zero-order valence-corrected chi connectivity index (χ0v) is 33.6. The van der Waals surface area contributed by atoms with E-state index in [0.717, 1.165) is 63.4 Å². The Bertz CT molecular complexity index is 2460. The van der Waals surface area contributed by atoms with E-state index in [1.54, 1.807) is 20.3 Å². The summed E-state index contributed by atoms with van der Waals surface area (Å²) in [5, 5.41) is 3.62. The first-order valence-electron chi connectivity index (χ1n) is 19.6. The summed E-state index contributed by atoms with van der Waals surface area (Å²) in [5.74, 6) is 2.05. The van der Waals surface area contributed by atoms with E-state index in [1.165, 1.54) is 11.1 Å². The summed E-state index contributed by atoms with van der Waals surface area (Å²) in [7, 11) is 5.24. The number of hydrogen-bond acceptors (Lipinski definition) is 8. The Labute approximate surface area is 333 Å². The van der Waals surface area contributed by atoms with Gasteiger partial charge in [-0.3, -0.25) is 9.59 Å². The molecule has 0 saturated carbocycles. The Morgan fingerprint density at radius 2 is 1.21 bits per heavy atom. The molecule has 4 aliphatic rings. The molecule has 4 aliphatic heterocycles. The number of anilines is 4. The fraction of sp³-hybridized carbons (Fsp3) is 0.319. The van der Waals surface area contributed by atoms with Gasteiger partial charge in [-0.05, 0) is 110 Å². The third-order valence-corrected chi connectivity index (χ3v) is 12.6. The summed E-state index contributed by atoms with van der Waals surface area (Å²) in [4.78, 5) is 34.2. The minimum absolute atomic E-state index is 0.00142. The quantitative estimate of drug-likeness (QED) is 0.169. The number of methoxy groups -OCH3 is 2.